The maximum atomic E-state index is 14.5. The van der Waals surface area contributed by atoms with E-state index in [0.29, 0.717) is 56.7 Å². The molecule has 1 aliphatic rings. The van der Waals surface area contributed by atoms with E-state index in [1.54, 1.807) is 19.2 Å². The normalized spacial score (nSPS) is 14.9. The Balaban J connectivity index is 1.84. The third kappa shape index (κ3) is 6.33. The van der Waals surface area contributed by atoms with Crippen LogP contribution in [0.5, 0.6) is 5.88 Å². The molecule has 2 heterocycles. The Labute approximate surface area is 200 Å². The van der Waals surface area contributed by atoms with Crippen LogP contribution in [0, 0.1) is 5.82 Å². The number of dihydropyridines is 1. The van der Waals surface area contributed by atoms with E-state index in [2.05, 4.69) is 36.6 Å². The third-order valence-corrected chi connectivity index (χ3v) is 5.34. The predicted molar refractivity (Wildman–Crippen MR) is 133 cm³/mol. The SMILES string of the molecule is C=CNC(=NC)/N=C1\CC=C(c2cc(F)cc(NSc3cc(Cl)cnc3OC)c2)C(OC)=N1. The molecule has 172 valence electrons. The van der Waals surface area contributed by atoms with Crippen molar-refractivity contribution < 1.29 is 13.9 Å². The number of aliphatic imine (C=N–C) groups is 3. The second kappa shape index (κ2) is 11.5. The summed E-state index contributed by atoms with van der Waals surface area (Å²) in [6.45, 7) is 3.60. The van der Waals surface area contributed by atoms with Crippen molar-refractivity contribution >= 4 is 52.5 Å². The number of aromatic nitrogens is 1. The van der Waals surface area contributed by atoms with Crippen molar-refractivity contribution in [3.05, 3.63) is 65.7 Å². The predicted octanol–water partition coefficient (Wildman–Crippen LogP) is 4.95. The molecule has 0 saturated heterocycles. The first-order valence-electron chi connectivity index (χ1n) is 9.65. The fourth-order valence-electron chi connectivity index (χ4n) is 2.88. The molecule has 0 unspecified atom stereocenters. The summed E-state index contributed by atoms with van der Waals surface area (Å²) in [6, 6.07) is 6.30. The highest BCUT2D eigenvalue weighted by Crippen LogP contribution is 2.32. The van der Waals surface area contributed by atoms with Crippen LogP contribution >= 0.6 is 23.5 Å². The largest absolute Gasteiger partial charge is 0.481 e. The van der Waals surface area contributed by atoms with Crippen LogP contribution in [0.15, 0.2) is 69.2 Å². The summed E-state index contributed by atoms with van der Waals surface area (Å²) in [5, 5.41) is 3.29. The Kier molecular flexibility index (Phi) is 8.45. The topological polar surface area (TPSA) is 92.5 Å². The van der Waals surface area contributed by atoms with E-state index in [9.17, 15) is 4.39 Å². The number of methoxy groups -OCH3 is 2. The second-order valence-electron chi connectivity index (χ2n) is 6.46. The minimum absolute atomic E-state index is 0.318. The molecule has 1 aromatic carbocycles. The zero-order valence-electron chi connectivity index (χ0n) is 18.2. The first-order chi connectivity index (χ1) is 16.0. The summed E-state index contributed by atoms with van der Waals surface area (Å²) in [7, 11) is 4.62. The molecule has 8 nitrogen and oxygen atoms in total. The summed E-state index contributed by atoms with van der Waals surface area (Å²) in [5.74, 6) is 1.18. The Morgan fingerprint density at radius 3 is 2.79 bits per heavy atom. The van der Waals surface area contributed by atoms with Crippen molar-refractivity contribution in [2.24, 2.45) is 15.0 Å². The van der Waals surface area contributed by atoms with Crippen LogP contribution in [-0.4, -0.2) is 43.9 Å². The Bertz CT molecular complexity index is 1170. The minimum atomic E-state index is -0.418. The average molecular weight is 489 g/mol. The Hall–Kier alpha value is -3.37. The maximum absolute atomic E-state index is 14.5. The second-order valence-corrected chi connectivity index (χ2v) is 7.74. The summed E-state index contributed by atoms with van der Waals surface area (Å²) >= 11 is 7.24. The van der Waals surface area contributed by atoms with Crippen LogP contribution in [0.3, 0.4) is 0 Å². The molecule has 3 rings (SSSR count). The lowest BCUT2D eigenvalue weighted by atomic mass is 10.0. The van der Waals surface area contributed by atoms with Crippen LogP contribution < -0.4 is 14.8 Å². The van der Waals surface area contributed by atoms with Crippen molar-refractivity contribution in [3.63, 3.8) is 0 Å². The molecule has 0 fully saturated rings. The number of hydrogen-bond acceptors (Lipinski definition) is 6. The molecule has 0 saturated carbocycles. The first-order valence-corrected chi connectivity index (χ1v) is 10.8. The number of nitrogens with one attached hydrogen (secondary N) is 2. The van der Waals surface area contributed by atoms with E-state index >= 15 is 0 Å². The van der Waals surface area contributed by atoms with Crippen molar-refractivity contribution in [1.82, 2.24) is 10.3 Å². The summed E-state index contributed by atoms with van der Waals surface area (Å²) < 4.78 is 28.3. The van der Waals surface area contributed by atoms with E-state index in [1.165, 1.54) is 50.7 Å². The molecule has 0 bridgehead atoms. The maximum Gasteiger partial charge on any atom is 0.228 e. The van der Waals surface area contributed by atoms with Crippen molar-refractivity contribution in [2.75, 3.05) is 26.0 Å². The van der Waals surface area contributed by atoms with Gasteiger partial charge in [-0.25, -0.2) is 9.37 Å². The molecular formula is C22H22ClFN6O2S. The van der Waals surface area contributed by atoms with Crippen LogP contribution in [0.25, 0.3) is 5.57 Å². The smallest absolute Gasteiger partial charge is 0.228 e. The fraction of sp³-hybridized carbons (Fsp3) is 0.182. The third-order valence-electron chi connectivity index (χ3n) is 4.29. The van der Waals surface area contributed by atoms with Gasteiger partial charge in [0.25, 0.3) is 0 Å². The van der Waals surface area contributed by atoms with Gasteiger partial charge >= 0.3 is 0 Å². The van der Waals surface area contributed by atoms with Gasteiger partial charge in [-0.15, -0.1) is 0 Å². The number of guanidine groups is 1. The highest BCUT2D eigenvalue weighted by Gasteiger charge is 2.19. The zero-order chi connectivity index (χ0) is 23.8. The molecule has 2 N–H and O–H groups in total. The van der Waals surface area contributed by atoms with Crippen molar-refractivity contribution in [3.8, 4) is 5.88 Å². The number of amidine groups is 1. The van der Waals surface area contributed by atoms with Crippen LogP contribution in [-0.2, 0) is 4.74 Å². The van der Waals surface area contributed by atoms with Crippen LogP contribution in [0.1, 0.15) is 12.0 Å². The molecule has 0 amide bonds. The molecule has 0 atom stereocenters. The van der Waals surface area contributed by atoms with Gasteiger partial charge in [0, 0.05) is 30.9 Å². The van der Waals surface area contributed by atoms with Gasteiger partial charge in [-0.2, -0.15) is 9.98 Å². The van der Waals surface area contributed by atoms with Gasteiger partial charge in [-0.05, 0) is 48.0 Å². The van der Waals surface area contributed by atoms with Crippen molar-refractivity contribution in [2.45, 2.75) is 11.3 Å². The molecule has 33 heavy (non-hydrogen) atoms. The van der Waals surface area contributed by atoms with Crippen LogP contribution in [0.4, 0.5) is 10.1 Å². The molecule has 2 aromatic rings. The number of ether oxygens (including phenoxy) is 2. The molecule has 0 aliphatic carbocycles. The zero-order valence-corrected chi connectivity index (χ0v) is 19.8. The van der Waals surface area contributed by atoms with Gasteiger partial charge in [-0.3, -0.25) is 4.99 Å². The number of nitrogens with zero attached hydrogens (tertiary/aromatic N) is 4. The van der Waals surface area contributed by atoms with E-state index in [4.69, 9.17) is 21.1 Å². The molecule has 0 spiro atoms. The number of hydrogen-bond donors (Lipinski definition) is 2. The van der Waals surface area contributed by atoms with Gasteiger partial charge in [0.05, 0.1) is 24.1 Å². The molecule has 1 aromatic heterocycles. The monoisotopic (exact) mass is 488 g/mol. The highest BCUT2D eigenvalue weighted by molar-refractivity contribution is 8.00. The number of rotatable bonds is 6. The van der Waals surface area contributed by atoms with Gasteiger partial charge in [0.1, 0.15) is 11.7 Å². The molecule has 1 aliphatic heterocycles. The van der Waals surface area contributed by atoms with Gasteiger partial charge in [-0.1, -0.05) is 24.3 Å². The standard InChI is InChI=1S/C22H22ClFN6O2S/c1-5-26-22(25-2)29-19-7-6-17(20(28-19)31-3)13-8-15(24)11-16(9-13)30-33-18-10-14(23)12-27-21(18)32-4/h5-6,8-12,30H,1,7H2,2-4H3,(H,25,26)/b29-19+. The van der Waals surface area contributed by atoms with Gasteiger partial charge < -0.3 is 19.5 Å². The number of benzene rings is 1. The lowest BCUT2D eigenvalue weighted by molar-refractivity contribution is 0.387. The van der Waals surface area contributed by atoms with Gasteiger partial charge in [0.15, 0.2) is 0 Å². The number of halogens is 2. The van der Waals surface area contributed by atoms with E-state index < -0.39 is 5.82 Å². The van der Waals surface area contributed by atoms with Crippen LogP contribution in [0.2, 0.25) is 5.02 Å². The fourth-order valence-corrected chi connectivity index (χ4v) is 3.86. The summed E-state index contributed by atoms with van der Waals surface area (Å²) in [6.07, 6.45) is 5.26. The van der Waals surface area contributed by atoms with Gasteiger partial charge in [0.2, 0.25) is 17.7 Å². The lowest BCUT2D eigenvalue weighted by Gasteiger charge is -2.16. The Morgan fingerprint density at radius 1 is 1.27 bits per heavy atom. The number of anilines is 1. The molecule has 0 radical (unpaired) electrons. The molecule has 11 heteroatoms. The van der Waals surface area contributed by atoms with E-state index in [0.717, 1.165) is 0 Å². The van der Waals surface area contributed by atoms with Crippen molar-refractivity contribution in [1.29, 1.82) is 0 Å². The quantitative estimate of drug-likeness (QED) is 0.339. The van der Waals surface area contributed by atoms with E-state index in [-0.39, 0.29) is 0 Å². The summed E-state index contributed by atoms with van der Waals surface area (Å²) in [4.78, 5) is 17.6. The first kappa shape index (κ1) is 24.3. The molecular weight excluding hydrogens is 467 g/mol. The highest BCUT2D eigenvalue weighted by atomic mass is 35.5. The minimum Gasteiger partial charge on any atom is -0.481 e. The summed E-state index contributed by atoms with van der Waals surface area (Å²) in [5.41, 5.74) is 1.78. The Morgan fingerprint density at radius 2 is 2.09 bits per heavy atom. The lowest BCUT2D eigenvalue weighted by Crippen LogP contribution is -2.19. The average Bonchev–Trinajstić information content (AvgIpc) is 2.82. The van der Waals surface area contributed by atoms with E-state index in [1.807, 2.05) is 6.08 Å². The number of pyridine rings is 1.